The van der Waals surface area contributed by atoms with Gasteiger partial charge in [0.05, 0.1) is 0 Å². The molecule has 1 heterocycles. The van der Waals surface area contributed by atoms with E-state index in [9.17, 15) is 0 Å². The SMILES string of the molecule is CC.CCC1CNCC1CN. The molecular formula is C9H22N2. The van der Waals surface area contributed by atoms with Gasteiger partial charge in [0.15, 0.2) is 0 Å². The molecule has 0 aromatic carbocycles. The van der Waals surface area contributed by atoms with Crippen molar-refractivity contribution in [3.63, 3.8) is 0 Å². The van der Waals surface area contributed by atoms with Crippen molar-refractivity contribution in [3.8, 4) is 0 Å². The van der Waals surface area contributed by atoms with Crippen LogP contribution in [0.15, 0.2) is 0 Å². The molecular weight excluding hydrogens is 136 g/mol. The smallest absolute Gasteiger partial charge is 0.000520 e. The first-order valence-electron chi connectivity index (χ1n) is 4.79. The van der Waals surface area contributed by atoms with Gasteiger partial charge in [0.25, 0.3) is 0 Å². The Morgan fingerprint density at radius 2 is 1.82 bits per heavy atom. The maximum Gasteiger partial charge on any atom is -0.000520 e. The summed E-state index contributed by atoms with van der Waals surface area (Å²) < 4.78 is 0. The van der Waals surface area contributed by atoms with Crippen LogP contribution in [0.5, 0.6) is 0 Å². The van der Waals surface area contributed by atoms with E-state index in [1.807, 2.05) is 13.8 Å². The van der Waals surface area contributed by atoms with E-state index >= 15 is 0 Å². The standard InChI is InChI=1S/C7H16N2.C2H6/c1-2-6-4-9-5-7(6)3-8;1-2/h6-7,9H,2-5,8H2,1H3;1-2H3. The fourth-order valence-corrected chi connectivity index (χ4v) is 1.54. The summed E-state index contributed by atoms with van der Waals surface area (Å²) in [5.41, 5.74) is 5.56. The maximum absolute atomic E-state index is 5.56. The summed E-state index contributed by atoms with van der Waals surface area (Å²) in [5, 5.41) is 3.34. The molecule has 0 aromatic rings. The van der Waals surface area contributed by atoms with E-state index in [0.29, 0.717) is 0 Å². The Bertz CT molecular complexity index is 73.6. The lowest BCUT2D eigenvalue weighted by atomic mass is 9.94. The highest BCUT2D eigenvalue weighted by molar-refractivity contribution is 4.80. The molecule has 1 saturated heterocycles. The molecule has 2 nitrogen and oxygen atoms in total. The van der Waals surface area contributed by atoms with Gasteiger partial charge in [-0.1, -0.05) is 27.2 Å². The first kappa shape index (κ1) is 10.9. The van der Waals surface area contributed by atoms with Gasteiger partial charge in [0, 0.05) is 0 Å². The molecule has 0 aliphatic carbocycles. The molecule has 0 radical (unpaired) electrons. The second kappa shape index (κ2) is 6.62. The summed E-state index contributed by atoms with van der Waals surface area (Å²) in [4.78, 5) is 0. The molecule has 1 fully saturated rings. The third-order valence-electron chi connectivity index (χ3n) is 2.31. The van der Waals surface area contributed by atoms with E-state index in [1.54, 1.807) is 0 Å². The minimum absolute atomic E-state index is 0.745. The third kappa shape index (κ3) is 3.21. The second-order valence-electron chi connectivity index (χ2n) is 2.82. The van der Waals surface area contributed by atoms with Gasteiger partial charge >= 0.3 is 0 Å². The average molecular weight is 158 g/mol. The number of nitrogens with one attached hydrogen (secondary N) is 1. The van der Waals surface area contributed by atoms with Crippen molar-refractivity contribution in [1.29, 1.82) is 0 Å². The van der Waals surface area contributed by atoms with Crippen LogP contribution >= 0.6 is 0 Å². The molecule has 0 saturated carbocycles. The zero-order chi connectivity index (χ0) is 8.69. The topological polar surface area (TPSA) is 38.0 Å². The van der Waals surface area contributed by atoms with E-state index in [-0.39, 0.29) is 0 Å². The number of hydrogen-bond acceptors (Lipinski definition) is 2. The molecule has 2 unspecified atom stereocenters. The predicted molar refractivity (Wildman–Crippen MR) is 50.5 cm³/mol. The predicted octanol–water partition coefficient (Wildman–Crippen LogP) is 1.22. The van der Waals surface area contributed by atoms with Crippen molar-refractivity contribution in [2.75, 3.05) is 19.6 Å². The van der Waals surface area contributed by atoms with E-state index in [2.05, 4.69) is 12.2 Å². The Morgan fingerprint density at radius 3 is 2.18 bits per heavy atom. The molecule has 3 N–H and O–H groups in total. The molecule has 0 bridgehead atoms. The van der Waals surface area contributed by atoms with E-state index in [1.165, 1.54) is 13.0 Å². The van der Waals surface area contributed by atoms with Gasteiger partial charge in [-0.15, -0.1) is 0 Å². The largest absolute Gasteiger partial charge is 0.330 e. The first-order valence-corrected chi connectivity index (χ1v) is 4.79. The zero-order valence-electron chi connectivity index (χ0n) is 8.06. The highest BCUT2D eigenvalue weighted by Crippen LogP contribution is 2.17. The summed E-state index contributed by atoms with van der Waals surface area (Å²) in [6.07, 6.45) is 1.27. The van der Waals surface area contributed by atoms with Crippen molar-refractivity contribution in [1.82, 2.24) is 5.32 Å². The summed E-state index contributed by atoms with van der Waals surface area (Å²) >= 11 is 0. The minimum atomic E-state index is 0.745. The van der Waals surface area contributed by atoms with Crippen LogP contribution in [0.3, 0.4) is 0 Å². The quantitative estimate of drug-likeness (QED) is 0.634. The fourth-order valence-electron chi connectivity index (χ4n) is 1.54. The molecule has 1 aliphatic heterocycles. The molecule has 0 spiro atoms. The first-order chi connectivity index (χ1) is 5.38. The van der Waals surface area contributed by atoms with Crippen molar-refractivity contribution in [2.24, 2.45) is 17.6 Å². The van der Waals surface area contributed by atoms with Crippen LogP contribution in [-0.4, -0.2) is 19.6 Å². The van der Waals surface area contributed by atoms with Crippen LogP contribution in [0.1, 0.15) is 27.2 Å². The van der Waals surface area contributed by atoms with Crippen molar-refractivity contribution >= 4 is 0 Å². The molecule has 2 atom stereocenters. The Kier molecular flexibility index (Phi) is 6.57. The summed E-state index contributed by atoms with van der Waals surface area (Å²) in [6.45, 7) is 9.40. The Morgan fingerprint density at radius 1 is 1.27 bits per heavy atom. The monoisotopic (exact) mass is 158 g/mol. The van der Waals surface area contributed by atoms with Crippen molar-refractivity contribution in [2.45, 2.75) is 27.2 Å². The summed E-state index contributed by atoms with van der Waals surface area (Å²) in [6, 6.07) is 0. The normalized spacial score (nSPS) is 29.5. The van der Waals surface area contributed by atoms with Gasteiger partial charge in [-0.3, -0.25) is 0 Å². The number of nitrogens with two attached hydrogens (primary N) is 1. The van der Waals surface area contributed by atoms with Gasteiger partial charge in [-0.2, -0.15) is 0 Å². The van der Waals surface area contributed by atoms with Gasteiger partial charge in [0.1, 0.15) is 0 Å². The number of hydrogen-bond donors (Lipinski definition) is 2. The Balaban J connectivity index is 0.000000461. The highest BCUT2D eigenvalue weighted by atomic mass is 14.9. The molecule has 0 amide bonds. The highest BCUT2D eigenvalue weighted by Gasteiger charge is 2.23. The molecule has 1 aliphatic rings. The van der Waals surface area contributed by atoms with Crippen LogP contribution < -0.4 is 11.1 Å². The molecule has 11 heavy (non-hydrogen) atoms. The summed E-state index contributed by atoms with van der Waals surface area (Å²) in [7, 11) is 0. The second-order valence-corrected chi connectivity index (χ2v) is 2.82. The van der Waals surface area contributed by atoms with Crippen molar-refractivity contribution < 1.29 is 0 Å². The van der Waals surface area contributed by atoms with Crippen molar-refractivity contribution in [3.05, 3.63) is 0 Å². The zero-order valence-corrected chi connectivity index (χ0v) is 8.06. The molecule has 2 heteroatoms. The van der Waals surface area contributed by atoms with Crippen LogP contribution in [0.25, 0.3) is 0 Å². The minimum Gasteiger partial charge on any atom is -0.330 e. The van der Waals surface area contributed by atoms with Gasteiger partial charge < -0.3 is 11.1 Å². The van der Waals surface area contributed by atoms with E-state index in [0.717, 1.165) is 24.9 Å². The average Bonchev–Trinajstić information content (AvgIpc) is 2.54. The molecule has 68 valence electrons. The lowest BCUT2D eigenvalue weighted by Crippen LogP contribution is -2.21. The number of rotatable bonds is 2. The van der Waals surface area contributed by atoms with E-state index in [4.69, 9.17) is 5.73 Å². The maximum atomic E-state index is 5.56. The molecule has 0 aromatic heterocycles. The lowest BCUT2D eigenvalue weighted by Gasteiger charge is -2.12. The molecule has 1 rings (SSSR count). The summed E-state index contributed by atoms with van der Waals surface area (Å²) in [5.74, 6) is 1.59. The third-order valence-corrected chi connectivity index (χ3v) is 2.31. The van der Waals surface area contributed by atoms with Gasteiger partial charge in [0.2, 0.25) is 0 Å². The Labute approximate surface area is 70.5 Å². The van der Waals surface area contributed by atoms with Gasteiger partial charge in [-0.05, 0) is 31.5 Å². The van der Waals surface area contributed by atoms with E-state index < -0.39 is 0 Å². The van der Waals surface area contributed by atoms with Crippen LogP contribution in [0, 0.1) is 11.8 Å². The van der Waals surface area contributed by atoms with Crippen LogP contribution in [0.4, 0.5) is 0 Å². The van der Waals surface area contributed by atoms with Gasteiger partial charge in [-0.25, -0.2) is 0 Å². The Hall–Kier alpha value is -0.0800. The fraction of sp³-hybridized carbons (Fsp3) is 1.00. The van der Waals surface area contributed by atoms with Crippen LogP contribution in [0.2, 0.25) is 0 Å². The van der Waals surface area contributed by atoms with Crippen LogP contribution in [-0.2, 0) is 0 Å². The lowest BCUT2D eigenvalue weighted by molar-refractivity contribution is 0.416.